The Morgan fingerprint density at radius 3 is 1.34 bits per heavy atom. The van der Waals surface area contributed by atoms with Crippen LogP contribution in [0.1, 0.15) is 35.4 Å². The number of hydrogen-bond acceptors (Lipinski definition) is 8. The van der Waals surface area contributed by atoms with Crippen molar-refractivity contribution in [2.75, 3.05) is 27.3 Å². The Morgan fingerprint density at radius 2 is 0.980 bits per heavy atom. The maximum atomic E-state index is 13.6. The van der Waals surface area contributed by atoms with Crippen molar-refractivity contribution in [1.29, 1.82) is 0 Å². The topological polar surface area (TPSA) is 137 Å². The molecule has 4 aliphatic rings. The number of amides is 4. The molecule has 12 nitrogen and oxygen atoms in total. The molecule has 0 N–H and O–H groups in total. The molecule has 2 aromatic carbocycles. The van der Waals surface area contributed by atoms with Gasteiger partial charge in [-0.3, -0.25) is 29.0 Å². The van der Waals surface area contributed by atoms with E-state index in [0.717, 1.165) is 30.8 Å². The van der Waals surface area contributed by atoms with E-state index < -0.39 is 35.9 Å². The van der Waals surface area contributed by atoms with E-state index in [4.69, 9.17) is 9.47 Å². The minimum atomic E-state index is -0.583. The lowest BCUT2D eigenvalue weighted by Gasteiger charge is -2.23. The molecule has 4 unspecified atom stereocenters. The molecule has 8 rings (SSSR count). The number of carbonyl (C=O) groups excluding carboxylic acids is 6. The van der Waals surface area contributed by atoms with Gasteiger partial charge in [-0.2, -0.15) is 0 Å². The van der Waals surface area contributed by atoms with Crippen LogP contribution in [-0.4, -0.2) is 82.1 Å². The second-order valence-corrected chi connectivity index (χ2v) is 15.2. The van der Waals surface area contributed by atoms with E-state index in [9.17, 15) is 28.8 Å². The zero-order chi connectivity index (χ0) is 35.2. The first-order valence-electron chi connectivity index (χ1n) is 16.5. The van der Waals surface area contributed by atoms with Gasteiger partial charge in [0.2, 0.25) is 23.6 Å². The summed E-state index contributed by atoms with van der Waals surface area (Å²) in [5.41, 5.74) is 4.46. The Hall–Kier alpha value is -4.30. The molecule has 0 bridgehead atoms. The van der Waals surface area contributed by atoms with Gasteiger partial charge in [0, 0.05) is 57.0 Å². The highest BCUT2D eigenvalue weighted by Gasteiger charge is 2.52. The van der Waals surface area contributed by atoms with E-state index in [0.29, 0.717) is 48.1 Å². The van der Waals surface area contributed by atoms with Crippen LogP contribution in [0.4, 0.5) is 9.59 Å². The number of imide groups is 2. The first-order chi connectivity index (χ1) is 24.0. The van der Waals surface area contributed by atoms with Crippen LogP contribution >= 0.6 is 31.9 Å². The Morgan fingerprint density at radius 1 is 0.620 bits per heavy atom. The van der Waals surface area contributed by atoms with Crippen molar-refractivity contribution in [2.24, 2.45) is 23.7 Å². The number of aromatic nitrogens is 2. The third kappa shape index (κ3) is 4.81. The number of hydrogen-bond donors (Lipinski definition) is 0. The van der Waals surface area contributed by atoms with Gasteiger partial charge in [0.05, 0.1) is 48.9 Å². The lowest BCUT2D eigenvalue weighted by Crippen LogP contribution is -2.34. The Kier molecular flexibility index (Phi) is 8.01. The maximum Gasteiger partial charge on any atom is 0.418 e. The van der Waals surface area contributed by atoms with Gasteiger partial charge in [-0.25, -0.2) is 18.7 Å². The number of benzene rings is 2. The van der Waals surface area contributed by atoms with Crippen LogP contribution in [0.15, 0.2) is 45.3 Å². The summed E-state index contributed by atoms with van der Waals surface area (Å²) < 4.78 is 14.8. The number of carbonyl (C=O) groups is 6. The number of unbranched alkanes of at least 4 members (excludes halogenated alkanes) is 1. The standard InChI is InChI=1S/C36H32Br2N4O8/c1-49-35(47)41-27-7-5-17(37)11-19(27)21-13-23-25(15-29(21)41)33(45)39(31(23)43)9-3-4-10-40-32(44)24-14-22-20-12-18(38)6-8-28(20)42(36(48)50-2)30(22)16-26(24)34(40)46/h5-8,11-12,23-26H,3-4,9-10,13-16H2,1-2H3. The number of methoxy groups -OCH3 is 2. The van der Waals surface area contributed by atoms with Crippen molar-refractivity contribution >= 4 is 89.5 Å². The van der Waals surface area contributed by atoms with Gasteiger partial charge in [0.15, 0.2) is 0 Å². The van der Waals surface area contributed by atoms with Gasteiger partial charge in [-0.05, 0) is 73.2 Å². The number of rotatable bonds is 5. The van der Waals surface area contributed by atoms with E-state index in [1.807, 2.05) is 36.4 Å². The molecule has 0 saturated carbocycles. The van der Waals surface area contributed by atoms with E-state index in [2.05, 4.69) is 31.9 Å². The zero-order valence-corrected chi connectivity index (χ0v) is 30.4. The third-order valence-corrected chi connectivity index (χ3v) is 12.0. The van der Waals surface area contributed by atoms with Gasteiger partial charge < -0.3 is 9.47 Å². The number of halogens is 2. The summed E-state index contributed by atoms with van der Waals surface area (Å²) >= 11 is 7.01. The second kappa shape index (κ2) is 12.2. The summed E-state index contributed by atoms with van der Waals surface area (Å²) in [5.74, 6) is -3.23. The van der Waals surface area contributed by atoms with E-state index in [1.165, 1.54) is 33.2 Å². The van der Waals surface area contributed by atoms with Crippen molar-refractivity contribution in [1.82, 2.24) is 18.9 Å². The number of ether oxygens (including phenoxy) is 2. The monoisotopic (exact) mass is 806 g/mol. The largest absolute Gasteiger partial charge is 0.452 e. The van der Waals surface area contributed by atoms with Crippen LogP contribution in [0.3, 0.4) is 0 Å². The molecule has 2 aromatic heterocycles. The summed E-state index contributed by atoms with van der Waals surface area (Å²) in [6, 6.07) is 11.2. The number of nitrogens with zero attached hydrogens (tertiary/aromatic N) is 4. The van der Waals surface area contributed by atoms with Crippen molar-refractivity contribution in [3.05, 3.63) is 67.9 Å². The molecule has 4 heterocycles. The normalized spacial score (nSPS) is 22.6. The SMILES string of the molecule is COC(=O)n1c2c(c3cc(Br)ccc31)CC1C(=O)N(CCCCN3C(=O)C4Cc5c(n(C(=O)OC)c6ccc(Br)cc56)CC4C3=O)C(=O)C1C2. The van der Waals surface area contributed by atoms with Crippen LogP contribution in [0, 0.1) is 23.7 Å². The van der Waals surface area contributed by atoms with Crippen molar-refractivity contribution in [3.8, 4) is 0 Å². The van der Waals surface area contributed by atoms with Crippen LogP contribution in [-0.2, 0) is 54.3 Å². The lowest BCUT2D eigenvalue weighted by atomic mass is 9.79. The minimum absolute atomic E-state index is 0.177. The fraction of sp³-hybridized carbons (Fsp3) is 0.389. The Labute approximate surface area is 302 Å². The molecule has 50 heavy (non-hydrogen) atoms. The predicted molar refractivity (Wildman–Crippen MR) is 186 cm³/mol. The first kappa shape index (κ1) is 32.9. The van der Waals surface area contributed by atoms with Crippen molar-refractivity contribution in [2.45, 2.75) is 38.5 Å². The fourth-order valence-corrected chi connectivity index (χ4v) is 9.43. The van der Waals surface area contributed by atoms with E-state index in [-0.39, 0.29) is 49.6 Å². The number of fused-ring (bicyclic) bond motifs is 8. The highest BCUT2D eigenvalue weighted by atomic mass is 79.9. The molecule has 2 fully saturated rings. The molecule has 4 atom stereocenters. The average molecular weight is 808 g/mol. The highest BCUT2D eigenvalue weighted by molar-refractivity contribution is 9.10. The summed E-state index contributed by atoms with van der Waals surface area (Å²) in [5, 5.41) is 1.68. The Bertz CT molecular complexity index is 2050. The van der Waals surface area contributed by atoms with Gasteiger partial charge >= 0.3 is 12.2 Å². The van der Waals surface area contributed by atoms with Crippen LogP contribution < -0.4 is 0 Å². The first-order valence-corrected chi connectivity index (χ1v) is 18.1. The van der Waals surface area contributed by atoms with Crippen LogP contribution in [0.25, 0.3) is 21.8 Å². The van der Waals surface area contributed by atoms with Crippen molar-refractivity contribution in [3.63, 3.8) is 0 Å². The minimum Gasteiger partial charge on any atom is -0.452 e. The maximum absolute atomic E-state index is 13.6. The summed E-state index contributed by atoms with van der Waals surface area (Å²) in [7, 11) is 2.63. The van der Waals surface area contributed by atoms with Crippen LogP contribution in [0.2, 0.25) is 0 Å². The van der Waals surface area contributed by atoms with Gasteiger partial charge in [-0.1, -0.05) is 31.9 Å². The molecule has 0 spiro atoms. The van der Waals surface area contributed by atoms with Crippen molar-refractivity contribution < 1.29 is 38.2 Å². The number of likely N-dealkylation sites (tertiary alicyclic amines) is 2. The average Bonchev–Trinajstić information content (AvgIpc) is 3.75. The van der Waals surface area contributed by atoms with E-state index >= 15 is 0 Å². The molecule has 2 saturated heterocycles. The smallest absolute Gasteiger partial charge is 0.418 e. The predicted octanol–water partition coefficient (Wildman–Crippen LogP) is 5.23. The molecule has 2 aliphatic heterocycles. The molecule has 4 aromatic rings. The molecule has 14 heteroatoms. The molecule has 0 radical (unpaired) electrons. The molecule has 258 valence electrons. The highest BCUT2D eigenvalue weighted by Crippen LogP contribution is 2.44. The summed E-state index contributed by atoms with van der Waals surface area (Å²) in [6.07, 6.45) is 0.921. The fourth-order valence-electron chi connectivity index (χ4n) is 8.71. The Balaban J connectivity index is 0.945. The molecular weight excluding hydrogens is 776 g/mol. The zero-order valence-electron chi connectivity index (χ0n) is 27.2. The van der Waals surface area contributed by atoms with E-state index in [1.54, 1.807) is 0 Å². The molecular formula is C36H32Br2N4O8. The summed E-state index contributed by atoms with van der Waals surface area (Å²) in [6.45, 7) is 0.355. The second-order valence-electron chi connectivity index (χ2n) is 13.4. The summed E-state index contributed by atoms with van der Waals surface area (Å²) in [4.78, 5) is 82.7. The van der Waals surface area contributed by atoms with Gasteiger partial charge in [0.1, 0.15) is 0 Å². The molecule has 4 amide bonds. The van der Waals surface area contributed by atoms with Gasteiger partial charge in [-0.15, -0.1) is 0 Å². The van der Waals surface area contributed by atoms with Crippen LogP contribution in [0.5, 0.6) is 0 Å². The third-order valence-electron chi connectivity index (χ3n) is 11.0. The quantitative estimate of drug-likeness (QED) is 0.198. The van der Waals surface area contributed by atoms with Gasteiger partial charge in [0.25, 0.3) is 0 Å². The lowest BCUT2D eigenvalue weighted by molar-refractivity contribution is -0.142. The molecule has 2 aliphatic carbocycles.